The number of aliphatic hydroxyl groups excluding tert-OH is 1. The van der Waals surface area contributed by atoms with Crippen molar-refractivity contribution >= 4 is 11.9 Å². The van der Waals surface area contributed by atoms with E-state index in [-0.39, 0.29) is 25.9 Å². The number of halogens is 3. The van der Waals surface area contributed by atoms with Gasteiger partial charge in [0, 0.05) is 13.1 Å². The van der Waals surface area contributed by atoms with Gasteiger partial charge in [-0.15, -0.1) is 0 Å². The monoisotopic (exact) mass is 255 g/mol. The maximum absolute atomic E-state index is 12.1. The second kappa shape index (κ2) is 4.52. The Bertz CT molecular complexity index is 321. The van der Waals surface area contributed by atoms with E-state index in [1.807, 2.05) is 0 Å². The Balaban J connectivity index is 2.68. The van der Waals surface area contributed by atoms with E-state index in [0.29, 0.717) is 4.90 Å². The van der Waals surface area contributed by atoms with Crippen LogP contribution in [0.2, 0.25) is 0 Å². The van der Waals surface area contributed by atoms with Crippen molar-refractivity contribution in [3.8, 4) is 0 Å². The summed E-state index contributed by atoms with van der Waals surface area (Å²) in [4.78, 5) is 22.3. The van der Waals surface area contributed by atoms with Crippen LogP contribution in [0, 0.1) is 5.41 Å². The van der Waals surface area contributed by atoms with E-state index in [9.17, 15) is 22.8 Å². The predicted molar refractivity (Wildman–Crippen MR) is 49.0 cm³/mol. The molecule has 17 heavy (non-hydrogen) atoms. The molecule has 98 valence electrons. The van der Waals surface area contributed by atoms with Gasteiger partial charge < -0.3 is 15.1 Å². The molecule has 1 heterocycles. The minimum atomic E-state index is -4.94. The third kappa shape index (κ3) is 2.68. The first-order valence-electron chi connectivity index (χ1n) is 4.93. The van der Waals surface area contributed by atoms with Gasteiger partial charge in [-0.25, -0.2) is 0 Å². The average Bonchev–Trinajstić information content (AvgIpc) is 2.26. The minimum absolute atomic E-state index is 0.180. The number of amides is 1. The lowest BCUT2D eigenvalue weighted by Gasteiger charge is -2.37. The topological polar surface area (TPSA) is 77.8 Å². The maximum atomic E-state index is 12.1. The van der Waals surface area contributed by atoms with Crippen LogP contribution in [0.3, 0.4) is 0 Å². The van der Waals surface area contributed by atoms with Crippen LogP contribution in [0.5, 0.6) is 0 Å². The zero-order valence-corrected chi connectivity index (χ0v) is 8.83. The third-order valence-corrected chi connectivity index (χ3v) is 3.01. The van der Waals surface area contributed by atoms with Crippen molar-refractivity contribution in [1.29, 1.82) is 0 Å². The Morgan fingerprint density at radius 3 is 2.00 bits per heavy atom. The van der Waals surface area contributed by atoms with Crippen molar-refractivity contribution in [2.24, 2.45) is 5.41 Å². The standard InChI is InChI=1S/C9H12F3NO4/c10-9(11,12)6(15)13-3-1-8(5-14,2-4-13)7(16)17/h14H,1-5H2,(H,16,17). The summed E-state index contributed by atoms with van der Waals surface area (Å²) in [5.41, 5.74) is -1.43. The van der Waals surface area contributed by atoms with E-state index in [2.05, 4.69) is 0 Å². The normalized spacial score (nSPS) is 20.1. The van der Waals surface area contributed by atoms with Gasteiger partial charge in [0.15, 0.2) is 0 Å². The quantitative estimate of drug-likeness (QED) is 0.740. The molecule has 0 aromatic heterocycles. The van der Waals surface area contributed by atoms with Gasteiger partial charge in [-0.2, -0.15) is 13.2 Å². The highest BCUT2D eigenvalue weighted by atomic mass is 19.4. The first-order chi connectivity index (χ1) is 7.73. The van der Waals surface area contributed by atoms with Gasteiger partial charge in [0.2, 0.25) is 0 Å². The summed E-state index contributed by atoms with van der Waals surface area (Å²) in [7, 11) is 0. The van der Waals surface area contributed by atoms with Crippen molar-refractivity contribution in [1.82, 2.24) is 4.90 Å². The molecule has 0 spiro atoms. The zero-order chi connectivity index (χ0) is 13.3. The van der Waals surface area contributed by atoms with Gasteiger partial charge in [0.25, 0.3) is 0 Å². The van der Waals surface area contributed by atoms with Crippen LogP contribution in [0.1, 0.15) is 12.8 Å². The van der Waals surface area contributed by atoms with E-state index in [1.54, 1.807) is 0 Å². The first kappa shape index (κ1) is 13.8. The molecule has 1 amide bonds. The lowest BCUT2D eigenvalue weighted by Crippen LogP contribution is -2.51. The minimum Gasteiger partial charge on any atom is -0.481 e. The van der Waals surface area contributed by atoms with Gasteiger partial charge in [0.1, 0.15) is 0 Å². The van der Waals surface area contributed by atoms with Gasteiger partial charge in [-0.1, -0.05) is 0 Å². The fraction of sp³-hybridized carbons (Fsp3) is 0.778. The molecule has 1 rings (SSSR count). The lowest BCUT2D eigenvalue weighted by atomic mass is 9.79. The molecule has 1 aliphatic heterocycles. The SMILES string of the molecule is O=C(N1CCC(CO)(C(=O)O)CC1)C(F)(F)F. The van der Waals surface area contributed by atoms with E-state index >= 15 is 0 Å². The third-order valence-electron chi connectivity index (χ3n) is 3.01. The van der Waals surface area contributed by atoms with Crippen LogP contribution in [-0.4, -0.2) is 52.9 Å². The molecule has 2 N–H and O–H groups in total. The van der Waals surface area contributed by atoms with Crippen molar-refractivity contribution in [2.75, 3.05) is 19.7 Å². The summed E-state index contributed by atoms with van der Waals surface area (Å²) in [6.07, 6.45) is -5.30. The molecular weight excluding hydrogens is 243 g/mol. The average molecular weight is 255 g/mol. The fourth-order valence-electron chi connectivity index (χ4n) is 1.76. The summed E-state index contributed by atoms with van der Waals surface area (Å²) >= 11 is 0. The van der Waals surface area contributed by atoms with Gasteiger partial charge >= 0.3 is 18.1 Å². The Morgan fingerprint density at radius 1 is 1.24 bits per heavy atom. The highest BCUT2D eigenvalue weighted by Gasteiger charge is 2.47. The highest BCUT2D eigenvalue weighted by Crippen LogP contribution is 2.32. The van der Waals surface area contributed by atoms with Crippen LogP contribution < -0.4 is 0 Å². The lowest BCUT2D eigenvalue weighted by molar-refractivity contribution is -0.189. The van der Waals surface area contributed by atoms with Crippen LogP contribution in [0.25, 0.3) is 0 Å². The van der Waals surface area contributed by atoms with Crippen molar-refractivity contribution < 1.29 is 33.0 Å². The molecule has 1 saturated heterocycles. The van der Waals surface area contributed by atoms with Crippen molar-refractivity contribution in [3.05, 3.63) is 0 Å². The number of carboxylic acid groups (broad SMARTS) is 1. The molecule has 0 aromatic rings. The summed E-state index contributed by atoms with van der Waals surface area (Å²) in [6, 6.07) is 0. The number of rotatable bonds is 2. The summed E-state index contributed by atoms with van der Waals surface area (Å²) in [5.74, 6) is -3.21. The van der Waals surface area contributed by atoms with E-state index in [4.69, 9.17) is 10.2 Å². The Hall–Kier alpha value is -1.31. The van der Waals surface area contributed by atoms with Gasteiger partial charge in [0.05, 0.1) is 12.0 Å². The molecule has 0 unspecified atom stereocenters. The zero-order valence-electron chi connectivity index (χ0n) is 8.83. The van der Waals surface area contributed by atoms with Crippen LogP contribution >= 0.6 is 0 Å². The number of alkyl halides is 3. The number of likely N-dealkylation sites (tertiary alicyclic amines) is 1. The Labute approximate surface area is 94.8 Å². The molecule has 0 atom stereocenters. The van der Waals surface area contributed by atoms with E-state index in [1.165, 1.54) is 0 Å². The molecule has 1 aliphatic rings. The number of carbonyl (C=O) groups is 2. The van der Waals surface area contributed by atoms with E-state index < -0.39 is 30.1 Å². The number of hydrogen-bond acceptors (Lipinski definition) is 3. The second-order valence-corrected chi connectivity index (χ2v) is 4.03. The maximum Gasteiger partial charge on any atom is 0.471 e. The number of carboxylic acids is 1. The van der Waals surface area contributed by atoms with Crippen molar-refractivity contribution in [2.45, 2.75) is 19.0 Å². The number of carbonyl (C=O) groups excluding carboxylic acids is 1. The van der Waals surface area contributed by atoms with Gasteiger partial charge in [-0.3, -0.25) is 9.59 Å². The summed E-state index contributed by atoms with van der Waals surface area (Å²) < 4.78 is 36.3. The van der Waals surface area contributed by atoms with Gasteiger partial charge in [-0.05, 0) is 12.8 Å². The first-order valence-corrected chi connectivity index (χ1v) is 4.93. The summed E-state index contributed by atoms with van der Waals surface area (Å²) in [5, 5.41) is 17.9. The molecule has 0 saturated carbocycles. The smallest absolute Gasteiger partial charge is 0.471 e. The molecule has 0 aromatic carbocycles. The largest absolute Gasteiger partial charge is 0.481 e. The van der Waals surface area contributed by atoms with Crippen LogP contribution in [0.15, 0.2) is 0 Å². The number of nitrogens with zero attached hydrogens (tertiary/aromatic N) is 1. The molecule has 8 heteroatoms. The number of aliphatic hydroxyl groups is 1. The fourth-order valence-corrected chi connectivity index (χ4v) is 1.76. The second-order valence-electron chi connectivity index (χ2n) is 4.03. The Kier molecular flexibility index (Phi) is 3.65. The Morgan fingerprint density at radius 2 is 1.71 bits per heavy atom. The molecule has 5 nitrogen and oxygen atoms in total. The number of hydrogen-bond donors (Lipinski definition) is 2. The summed E-state index contributed by atoms with van der Waals surface area (Å²) in [6.45, 7) is -1.27. The number of piperidine rings is 1. The molecule has 0 aliphatic carbocycles. The van der Waals surface area contributed by atoms with Crippen molar-refractivity contribution in [3.63, 3.8) is 0 Å². The van der Waals surface area contributed by atoms with Crippen LogP contribution in [0.4, 0.5) is 13.2 Å². The van der Waals surface area contributed by atoms with Crippen LogP contribution in [-0.2, 0) is 9.59 Å². The number of aliphatic carboxylic acids is 1. The molecular formula is C9H12F3NO4. The predicted octanol–water partition coefficient (Wildman–Crippen LogP) is 0.234. The van der Waals surface area contributed by atoms with E-state index in [0.717, 1.165) is 0 Å². The molecule has 1 fully saturated rings. The molecule has 0 radical (unpaired) electrons. The highest BCUT2D eigenvalue weighted by molar-refractivity contribution is 5.82. The molecule has 0 bridgehead atoms.